The van der Waals surface area contributed by atoms with Gasteiger partial charge in [-0.2, -0.15) is 11.8 Å². The molecule has 0 aromatic heterocycles. The van der Waals surface area contributed by atoms with Crippen molar-refractivity contribution in [2.24, 2.45) is 0 Å². The van der Waals surface area contributed by atoms with Crippen molar-refractivity contribution in [1.82, 2.24) is 4.90 Å². The van der Waals surface area contributed by atoms with Crippen molar-refractivity contribution < 1.29 is 14.3 Å². The van der Waals surface area contributed by atoms with Crippen molar-refractivity contribution in [1.29, 1.82) is 0 Å². The molecular formula is C9H15NO3S. The Labute approximate surface area is 88.0 Å². The number of rotatable bonds is 1. The summed E-state index contributed by atoms with van der Waals surface area (Å²) in [6, 6.07) is 0. The minimum atomic E-state index is -0.723. The van der Waals surface area contributed by atoms with Gasteiger partial charge in [-0.05, 0) is 19.1 Å². The summed E-state index contributed by atoms with van der Waals surface area (Å²) in [5.41, 5.74) is 0. The molecule has 0 aromatic rings. The average molecular weight is 217 g/mol. The Bertz CT molecular complexity index is 212. The molecule has 1 aliphatic rings. The fraction of sp³-hybridized carbons (Fsp3) is 0.778. The molecule has 14 heavy (non-hydrogen) atoms. The van der Waals surface area contributed by atoms with Crippen LogP contribution in [0.15, 0.2) is 0 Å². The Morgan fingerprint density at radius 2 is 2.14 bits per heavy atom. The van der Waals surface area contributed by atoms with Crippen LogP contribution < -0.4 is 0 Å². The van der Waals surface area contributed by atoms with Gasteiger partial charge in [-0.3, -0.25) is 4.79 Å². The molecule has 80 valence electrons. The van der Waals surface area contributed by atoms with E-state index in [2.05, 4.69) is 4.74 Å². The summed E-state index contributed by atoms with van der Waals surface area (Å²) in [4.78, 5) is 24.2. The van der Waals surface area contributed by atoms with E-state index < -0.39 is 11.9 Å². The van der Waals surface area contributed by atoms with Gasteiger partial charge in [-0.1, -0.05) is 0 Å². The molecule has 5 heteroatoms. The van der Waals surface area contributed by atoms with Gasteiger partial charge >= 0.3 is 11.9 Å². The van der Waals surface area contributed by atoms with Crippen molar-refractivity contribution in [3.05, 3.63) is 0 Å². The van der Waals surface area contributed by atoms with E-state index in [1.54, 1.807) is 11.8 Å². The van der Waals surface area contributed by atoms with Gasteiger partial charge in [0.05, 0.1) is 6.61 Å². The molecule has 1 amide bonds. The van der Waals surface area contributed by atoms with E-state index in [0.29, 0.717) is 13.1 Å². The van der Waals surface area contributed by atoms with E-state index in [1.807, 2.05) is 11.8 Å². The third-order valence-electron chi connectivity index (χ3n) is 1.96. The maximum atomic E-state index is 11.5. The maximum absolute atomic E-state index is 11.5. The fourth-order valence-corrected chi connectivity index (χ4v) is 2.16. The predicted octanol–water partition coefficient (Wildman–Crippen LogP) is 0.515. The van der Waals surface area contributed by atoms with Crippen LogP contribution in [0, 0.1) is 0 Å². The molecule has 0 saturated carbocycles. The predicted molar refractivity (Wildman–Crippen MR) is 55.2 cm³/mol. The highest BCUT2D eigenvalue weighted by Gasteiger charge is 2.23. The molecule has 4 nitrogen and oxygen atoms in total. The van der Waals surface area contributed by atoms with E-state index >= 15 is 0 Å². The first-order valence-corrected chi connectivity index (χ1v) is 5.95. The second-order valence-electron chi connectivity index (χ2n) is 2.98. The summed E-state index contributed by atoms with van der Waals surface area (Å²) in [6.07, 6.45) is 0.954. The number of thioether (sulfide) groups is 1. The molecule has 0 N–H and O–H groups in total. The third-order valence-corrected chi connectivity index (χ3v) is 3.01. The lowest BCUT2D eigenvalue weighted by Gasteiger charge is -2.18. The molecule has 0 bridgehead atoms. The van der Waals surface area contributed by atoms with Crippen LogP contribution in [0.25, 0.3) is 0 Å². The lowest BCUT2D eigenvalue weighted by Crippen LogP contribution is -2.39. The van der Waals surface area contributed by atoms with Gasteiger partial charge in [0.2, 0.25) is 0 Å². The largest absolute Gasteiger partial charge is 0.459 e. The van der Waals surface area contributed by atoms with Crippen LogP contribution in [-0.4, -0.2) is 48.0 Å². The van der Waals surface area contributed by atoms with Crippen molar-refractivity contribution in [3.63, 3.8) is 0 Å². The summed E-state index contributed by atoms with van der Waals surface area (Å²) < 4.78 is 4.66. The lowest BCUT2D eigenvalue weighted by molar-refractivity contribution is -0.159. The normalized spacial score (nSPS) is 17.4. The average Bonchev–Trinajstić information content (AvgIpc) is 2.45. The van der Waals surface area contributed by atoms with Crippen LogP contribution in [0.2, 0.25) is 0 Å². The number of amides is 1. The van der Waals surface area contributed by atoms with Crippen molar-refractivity contribution in [3.8, 4) is 0 Å². The molecule has 1 aliphatic heterocycles. The number of hydrogen-bond acceptors (Lipinski definition) is 4. The highest BCUT2D eigenvalue weighted by molar-refractivity contribution is 7.99. The Balaban J connectivity index is 2.45. The Morgan fingerprint density at radius 3 is 2.86 bits per heavy atom. The Hall–Kier alpha value is -0.710. The lowest BCUT2D eigenvalue weighted by atomic mass is 10.4. The second kappa shape index (κ2) is 5.90. The molecule has 1 saturated heterocycles. The molecular weight excluding hydrogens is 202 g/mol. The minimum Gasteiger partial charge on any atom is -0.459 e. The summed E-state index contributed by atoms with van der Waals surface area (Å²) in [6.45, 7) is 3.28. The summed E-state index contributed by atoms with van der Waals surface area (Å²) in [7, 11) is 0. The number of carbonyl (C=O) groups excluding carboxylic acids is 2. The second-order valence-corrected chi connectivity index (χ2v) is 4.20. The van der Waals surface area contributed by atoms with Crippen molar-refractivity contribution in [2.45, 2.75) is 13.3 Å². The smallest absolute Gasteiger partial charge is 0.397 e. The number of nitrogens with zero attached hydrogens (tertiary/aromatic N) is 1. The number of hydrogen-bond donors (Lipinski definition) is 0. The molecule has 0 aromatic carbocycles. The molecule has 0 unspecified atom stereocenters. The van der Waals surface area contributed by atoms with E-state index in [0.717, 1.165) is 17.9 Å². The number of carbonyl (C=O) groups is 2. The van der Waals surface area contributed by atoms with E-state index in [9.17, 15) is 9.59 Å². The van der Waals surface area contributed by atoms with Crippen LogP contribution >= 0.6 is 11.8 Å². The van der Waals surface area contributed by atoms with Gasteiger partial charge in [0.15, 0.2) is 0 Å². The third kappa shape index (κ3) is 3.21. The molecule has 0 spiro atoms. The molecule has 1 rings (SSSR count). The molecule has 1 fully saturated rings. The summed E-state index contributed by atoms with van der Waals surface area (Å²) in [5.74, 6) is 0.756. The first-order valence-electron chi connectivity index (χ1n) is 4.79. The Morgan fingerprint density at radius 1 is 1.36 bits per heavy atom. The van der Waals surface area contributed by atoms with Gasteiger partial charge in [0.1, 0.15) is 0 Å². The van der Waals surface area contributed by atoms with Gasteiger partial charge in [0, 0.05) is 18.8 Å². The van der Waals surface area contributed by atoms with Gasteiger partial charge < -0.3 is 9.64 Å². The highest BCUT2D eigenvalue weighted by atomic mass is 32.2. The van der Waals surface area contributed by atoms with Crippen LogP contribution in [0.3, 0.4) is 0 Å². The molecule has 1 heterocycles. The van der Waals surface area contributed by atoms with E-state index in [4.69, 9.17) is 0 Å². The monoisotopic (exact) mass is 217 g/mol. The zero-order chi connectivity index (χ0) is 10.4. The zero-order valence-corrected chi connectivity index (χ0v) is 9.14. The highest BCUT2D eigenvalue weighted by Crippen LogP contribution is 2.10. The first kappa shape index (κ1) is 11.4. The van der Waals surface area contributed by atoms with Crippen LogP contribution in [-0.2, 0) is 14.3 Å². The minimum absolute atomic E-state index is 0.257. The Kier molecular flexibility index (Phi) is 4.79. The maximum Gasteiger partial charge on any atom is 0.397 e. The van der Waals surface area contributed by atoms with Gasteiger partial charge in [0.25, 0.3) is 0 Å². The first-order chi connectivity index (χ1) is 6.75. The number of ether oxygens (including phenoxy) is 1. The molecule has 0 aliphatic carbocycles. The topological polar surface area (TPSA) is 46.6 Å². The fourth-order valence-electron chi connectivity index (χ4n) is 1.27. The van der Waals surface area contributed by atoms with Crippen LogP contribution in [0.4, 0.5) is 0 Å². The van der Waals surface area contributed by atoms with Gasteiger partial charge in [-0.25, -0.2) is 4.79 Å². The number of esters is 1. The van der Waals surface area contributed by atoms with Crippen LogP contribution in [0.5, 0.6) is 0 Å². The van der Waals surface area contributed by atoms with Gasteiger partial charge in [-0.15, -0.1) is 0 Å². The van der Waals surface area contributed by atoms with E-state index in [-0.39, 0.29) is 6.61 Å². The van der Waals surface area contributed by atoms with Crippen molar-refractivity contribution >= 4 is 23.6 Å². The van der Waals surface area contributed by atoms with Crippen LogP contribution in [0.1, 0.15) is 13.3 Å². The molecule has 0 atom stereocenters. The standard InChI is InChI=1S/C9H15NO3S/c1-2-13-9(12)8(11)10-4-3-6-14-7-5-10/h2-7H2,1H3. The summed E-state index contributed by atoms with van der Waals surface area (Å²) in [5, 5.41) is 0. The quantitative estimate of drug-likeness (QED) is 0.474. The summed E-state index contributed by atoms with van der Waals surface area (Å²) >= 11 is 1.82. The SMILES string of the molecule is CCOC(=O)C(=O)N1CCCSCC1. The molecule has 0 radical (unpaired) electrons. The zero-order valence-electron chi connectivity index (χ0n) is 8.32. The van der Waals surface area contributed by atoms with E-state index in [1.165, 1.54) is 0 Å². The van der Waals surface area contributed by atoms with Crippen molar-refractivity contribution in [2.75, 3.05) is 31.2 Å².